The fourth-order valence-corrected chi connectivity index (χ4v) is 5.11. The van der Waals surface area contributed by atoms with Crippen LogP contribution in [0, 0.1) is 12.3 Å². The summed E-state index contributed by atoms with van der Waals surface area (Å²) in [4.78, 5) is 4.90. The second kappa shape index (κ2) is 6.50. The van der Waals surface area contributed by atoms with E-state index in [0.29, 0.717) is 11.5 Å². The summed E-state index contributed by atoms with van der Waals surface area (Å²) >= 11 is 0. The first kappa shape index (κ1) is 16.5. The van der Waals surface area contributed by atoms with Crippen LogP contribution in [0.25, 0.3) is 10.9 Å². The molecule has 3 heterocycles. The van der Waals surface area contributed by atoms with Crippen molar-refractivity contribution in [1.82, 2.24) is 10.3 Å². The quantitative estimate of drug-likeness (QED) is 0.887. The van der Waals surface area contributed by atoms with Crippen LogP contribution in [0.15, 0.2) is 18.2 Å². The molecular formula is C22H29N3O. The molecule has 2 aromatic rings. The minimum Gasteiger partial charge on any atom is -0.376 e. The molecule has 2 fully saturated rings. The lowest BCUT2D eigenvalue weighted by Crippen LogP contribution is -2.37. The monoisotopic (exact) mass is 351 g/mol. The lowest BCUT2D eigenvalue weighted by molar-refractivity contribution is 0.0924. The molecule has 1 aliphatic carbocycles. The molecule has 26 heavy (non-hydrogen) atoms. The maximum atomic E-state index is 6.13. The van der Waals surface area contributed by atoms with Crippen LogP contribution in [0.1, 0.15) is 42.4 Å². The van der Waals surface area contributed by atoms with Crippen molar-refractivity contribution in [1.29, 1.82) is 0 Å². The summed E-state index contributed by atoms with van der Waals surface area (Å²) in [7, 11) is 0. The normalized spacial score (nSPS) is 24.3. The summed E-state index contributed by atoms with van der Waals surface area (Å²) in [5, 5.41) is 8.33. The summed E-state index contributed by atoms with van der Waals surface area (Å²) in [6, 6.07) is 6.87. The number of anilines is 1. The van der Waals surface area contributed by atoms with Gasteiger partial charge in [-0.3, -0.25) is 0 Å². The molecule has 1 aromatic carbocycles. The molecule has 0 saturated carbocycles. The van der Waals surface area contributed by atoms with Crippen LogP contribution in [0.4, 0.5) is 5.82 Å². The number of hydrogen-bond acceptors (Lipinski definition) is 4. The number of nitrogens with one attached hydrogen (secondary N) is 2. The van der Waals surface area contributed by atoms with Gasteiger partial charge >= 0.3 is 0 Å². The van der Waals surface area contributed by atoms with Gasteiger partial charge in [0, 0.05) is 11.9 Å². The maximum Gasteiger partial charge on any atom is 0.127 e. The highest BCUT2D eigenvalue weighted by Crippen LogP contribution is 2.40. The van der Waals surface area contributed by atoms with Crippen molar-refractivity contribution >= 4 is 16.7 Å². The zero-order valence-corrected chi connectivity index (χ0v) is 15.7. The topological polar surface area (TPSA) is 46.2 Å². The molecular weight excluding hydrogens is 322 g/mol. The Balaban J connectivity index is 1.30. The first-order valence-corrected chi connectivity index (χ1v) is 10.2. The van der Waals surface area contributed by atoms with Crippen LogP contribution in [0.5, 0.6) is 0 Å². The molecule has 5 rings (SSSR count). The predicted octanol–water partition coefficient (Wildman–Crippen LogP) is 3.60. The number of aryl methyl sites for hydroxylation is 3. The molecule has 2 saturated heterocycles. The van der Waals surface area contributed by atoms with E-state index >= 15 is 0 Å². The third-order valence-corrected chi connectivity index (χ3v) is 6.69. The van der Waals surface area contributed by atoms with E-state index in [1.165, 1.54) is 60.6 Å². The number of rotatable bonds is 3. The van der Waals surface area contributed by atoms with E-state index < -0.39 is 0 Å². The molecule has 1 unspecified atom stereocenters. The van der Waals surface area contributed by atoms with Crippen LogP contribution < -0.4 is 10.6 Å². The third kappa shape index (κ3) is 2.99. The summed E-state index contributed by atoms with van der Waals surface area (Å²) < 4.78 is 6.13. The van der Waals surface area contributed by atoms with Crippen LogP contribution >= 0.6 is 0 Å². The molecule has 0 amide bonds. The van der Waals surface area contributed by atoms with Gasteiger partial charge < -0.3 is 15.4 Å². The molecule has 0 radical (unpaired) electrons. The van der Waals surface area contributed by atoms with Crippen molar-refractivity contribution in [2.75, 3.05) is 31.6 Å². The molecule has 4 nitrogen and oxygen atoms in total. The first-order chi connectivity index (χ1) is 12.7. The van der Waals surface area contributed by atoms with Gasteiger partial charge in [0.15, 0.2) is 0 Å². The van der Waals surface area contributed by atoms with Gasteiger partial charge in [-0.2, -0.15) is 0 Å². The standard InChI is InChI=1S/C22H29N3O/c1-15-9-21(25-20-11-17-4-2-3-16(17)10-19(15)20)24-13-18-12-22(14-26-18)5-7-23-8-6-22/h9-11,18,23H,2-8,12-14H2,1H3,(H,24,25). The Kier molecular flexibility index (Phi) is 4.13. The molecule has 3 aliphatic rings. The Hall–Kier alpha value is -1.65. The molecule has 4 heteroatoms. The zero-order chi connectivity index (χ0) is 17.6. The Bertz CT molecular complexity index is 826. The van der Waals surface area contributed by atoms with Crippen molar-refractivity contribution in [3.8, 4) is 0 Å². The second-order valence-corrected chi connectivity index (χ2v) is 8.58. The molecule has 1 spiro atoms. The number of nitrogens with zero attached hydrogens (tertiary/aromatic N) is 1. The van der Waals surface area contributed by atoms with Crippen LogP contribution in [-0.2, 0) is 17.6 Å². The van der Waals surface area contributed by atoms with E-state index in [1.54, 1.807) is 0 Å². The highest BCUT2D eigenvalue weighted by molar-refractivity contribution is 5.85. The summed E-state index contributed by atoms with van der Waals surface area (Å²) in [6.45, 7) is 6.26. The van der Waals surface area contributed by atoms with Crippen LogP contribution in [-0.4, -0.2) is 37.3 Å². The summed E-state index contributed by atoms with van der Waals surface area (Å²) in [5.41, 5.74) is 5.89. The van der Waals surface area contributed by atoms with Gasteiger partial charge in [0.25, 0.3) is 0 Å². The second-order valence-electron chi connectivity index (χ2n) is 8.58. The SMILES string of the molecule is Cc1cc(NCC2CC3(CCNCC3)CO2)nc2cc3c(cc12)CCC3. The van der Waals surface area contributed by atoms with Gasteiger partial charge in [-0.15, -0.1) is 0 Å². The van der Waals surface area contributed by atoms with E-state index in [-0.39, 0.29) is 0 Å². The van der Waals surface area contributed by atoms with Crippen LogP contribution in [0.3, 0.4) is 0 Å². The van der Waals surface area contributed by atoms with Gasteiger partial charge in [-0.1, -0.05) is 0 Å². The highest BCUT2D eigenvalue weighted by Gasteiger charge is 2.40. The minimum absolute atomic E-state index is 0.311. The minimum atomic E-state index is 0.311. The number of hydrogen-bond donors (Lipinski definition) is 2. The fraction of sp³-hybridized carbons (Fsp3) is 0.591. The average Bonchev–Trinajstić information content (AvgIpc) is 3.26. The van der Waals surface area contributed by atoms with Gasteiger partial charge in [-0.05, 0) is 98.8 Å². The largest absolute Gasteiger partial charge is 0.376 e. The Morgan fingerprint density at radius 1 is 1.19 bits per heavy atom. The predicted molar refractivity (Wildman–Crippen MR) is 106 cm³/mol. The number of fused-ring (bicyclic) bond motifs is 2. The Morgan fingerprint density at radius 3 is 2.85 bits per heavy atom. The van der Waals surface area contributed by atoms with E-state index in [2.05, 4.69) is 35.8 Å². The van der Waals surface area contributed by atoms with E-state index in [9.17, 15) is 0 Å². The van der Waals surface area contributed by atoms with Gasteiger partial charge in [0.05, 0.1) is 18.2 Å². The molecule has 138 valence electrons. The molecule has 0 bridgehead atoms. The lowest BCUT2D eigenvalue weighted by atomic mass is 9.77. The smallest absolute Gasteiger partial charge is 0.127 e. The molecule has 2 aliphatic heterocycles. The first-order valence-electron chi connectivity index (χ1n) is 10.2. The van der Waals surface area contributed by atoms with E-state index in [4.69, 9.17) is 9.72 Å². The van der Waals surface area contributed by atoms with Crippen molar-refractivity contribution in [2.24, 2.45) is 5.41 Å². The number of piperidine rings is 1. The fourth-order valence-electron chi connectivity index (χ4n) is 5.11. The summed E-state index contributed by atoms with van der Waals surface area (Å²) in [6.07, 6.45) is 7.71. The van der Waals surface area contributed by atoms with Gasteiger partial charge in [0.1, 0.15) is 5.82 Å². The number of aromatic nitrogens is 1. The van der Waals surface area contributed by atoms with Gasteiger partial charge in [-0.25, -0.2) is 4.98 Å². The number of ether oxygens (including phenoxy) is 1. The Labute approximate surface area is 155 Å². The van der Waals surface area contributed by atoms with Crippen molar-refractivity contribution < 1.29 is 4.74 Å². The molecule has 1 aromatic heterocycles. The summed E-state index contributed by atoms with van der Waals surface area (Å²) in [5.74, 6) is 0.989. The van der Waals surface area contributed by atoms with Gasteiger partial charge in [0.2, 0.25) is 0 Å². The lowest BCUT2D eigenvalue weighted by Gasteiger charge is -2.32. The average molecular weight is 351 g/mol. The number of pyridine rings is 1. The number of benzene rings is 1. The van der Waals surface area contributed by atoms with Crippen molar-refractivity contribution in [2.45, 2.75) is 51.6 Å². The maximum absolute atomic E-state index is 6.13. The van der Waals surface area contributed by atoms with Crippen molar-refractivity contribution in [3.63, 3.8) is 0 Å². The van der Waals surface area contributed by atoms with Crippen molar-refractivity contribution in [3.05, 3.63) is 34.9 Å². The Morgan fingerprint density at radius 2 is 2.00 bits per heavy atom. The molecule has 1 atom stereocenters. The van der Waals surface area contributed by atoms with E-state index in [0.717, 1.165) is 37.6 Å². The molecule has 2 N–H and O–H groups in total. The van der Waals surface area contributed by atoms with Crippen LogP contribution in [0.2, 0.25) is 0 Å². The third-order valence-electron chi connectivity index (χ3n) is 6.69. The zero-order valence-electron chi connectivity index (χ0n) is 15.7. The highest BCUT2D eigenvalue weighted by atomic mass is 16.5. The van der Waals surface area contributed by atoms with E-state index in [1.807, 2.05) is 0 Å².